The Hall–Kier alpha value is -0.430. The Labute approximate surface area is 71.4 Å². The molecule has 0 amide bonds. The lowest BCUT2D eigenvalue weighted by Crippen LogP contribution is -2.33. The van der Waals surface area contributed by atoms with E-state index in [0.29, 0.717) is 0 Å². The molecule has 6 heteroatoms. The molecule has 0 saturated carbocycles. The minimum absolute atomic E-state index is 0.119. The van der Waals surface area contributed by atoms with Crippen molar-refractivity contribution in [3.63, 3.8) is 0 Å². The molecular formula is C6H12O5S. The Bertz CT molecular complexity index is 232. The molecule has 2 N–H and O–H groups in total. The summed E-state index contributed by atoms with van der Waals surface area (Å²) in [4.78, 5) is 0. The molecule has 0 aliphatic rings. The molecule has 0 aliphatic heterocycles. The van der Waals surface area contributed by atoms with Gasteiger partial charge < -0.3 is 9.84 Å². The van der Waals surface area contributed by atoms with E-state index >= 15 is 0 Å². The van der Waals surface area contributed by atoms with E-state index in [1.807, 2.05) is 0 Å². The van der Waals surface area contributed by atoms with Gasteiger partial charge in [-0.25, -0.2) is 0 Å². The summed E-state index contributed by atoms with van der Waals surface area (Å²) in [6, 6.07) is 0. The number of hydrogen-bond donors (Lipinski definition) is 2. The third-order valence-corrected chi connectivity index (χ3v) is 2.18. The van der Waals surface area contributed by atoms with Crippen LogP contribution in [-0.2, 0) is 14.9 Å². The van der Waals surface area contributed by atoms with Gasteiger partial charge in [0.2, 0.25) is 5.44 Å². The number of aliphatic hydroxyl groups is 1. The first-order valence-corrected chi connectivity index (χ1v) is 4.76. The molecule has 0 heterocycles. The Morgan fingerprint density at radius 2 is 2.17 bits per heavy atom. The first kappa shape index (κ1) is 11.6. The monoisotopic (exact) mass is 196 g/mol. The van der Waals surface area contributed by atoms with E-state index in [1.54, 1.807) is 0 Å². The van der Waals surface area contributed by atoms with Gasteiger partial charge in [-0.1, -0.05) is 6.08 Å². The van der Waals surface area contributed by atoms with Crippen molar-refractivity contribution in [2.75, 3.05) is 6.61 Å². The van der Waals surface area contributed by atoms with Crippen LogP contribution in [0.2, 0.25) is 0 Å². The van der Waals surface area contributed by atoms with Crippen LogP contribution in [0.4, 0.5) is 0 Å². The number of aliphatic hydroxyl groups excluding tert-OH is 1. The summed E-state index contributed by atoms with van der Waals surface area (Å²) >= 11 is 0. The smallest absolute Gasteiger partial charge is 0.294 e. The van der Waals surface area contributed by atoms with Crippen molar-refractivity contribution in [2.24, 2.45) is 0 Å². The second-order valence-corrected chi connectivity index (χ2v) is 3.75. The van der Waals surface area contributed by atoms with Gasteiger partial charge in [-0.3, -0.25) is 4.55 Å². The normalized spacial score (nSPS) is 16.9. The second kappa shape index (κ2) is 4.56. The van der Waals surface area contributed by atoms with Crippen molar-refractivity contribution in [3.8, 4) is 0 Å². The molecular weight excluding hydrogens is 184 g/mol. The Morgan fingerprint density at radius 1 is 1.67 bits per heavy atom. The van der Waals surface area contributed by atoms with Gasteiger partial charge in [0.25, 0.3) is 10.1 Å². The predicted octanol–water partition coefficient (Wildman–Crippen LogP) is -0.216. The van der Waals surface area contributed by atoms with Gasteiger partial charge in [-0.15, -0.1) is 6.58 Å². The van der Waals surface area contributed by atoms with Gasteiger partial charge in [-0.2, -0.15) is 8.42 Å². The Morgan fingerprint density at radius 3 is 2.50 bits per heavy atom. The number of hydrogen-bond acceptors (Lipinski definition) is 4. The van der Waals surface area contributed by atoms with Crippen LogP contribution in [0.25, 0.3) is 0 Å². The zero-order valence-corrected chi connectivity index (χ0v) is 7.49. The van der Waals surface area contributed by atoms with Crippen LogP contribution in [0.3, 0.4) is 0 Å². The molecule has 0 aliphatic carbocycles. The molecule has 2 unspecified atom stereocenters. The van der Waals surface area contributed by atoms with E-state index in [0.717, 1.165) is 0 Å². The molecule has 0 spiro atoms. The van der Waals surface area contributed by atoms with Crippen molar-refractivity contribution in [1.82, 2.24) is 0 Å². The van der Waals surface area contributed by atoms with Crippen LogP contribution in [0, 0.1) is 0 Å². The number of rotatable bonds is 5. The Balaban J connectivity index is 4.10. The summed E-state index contributed by atoms with van der Waals surface area (Å²) in [5, 5.41) is 8.88. The zero-order chi connectivity index (χ0) is 9.78. The molecule has 12 heavy (non-hydrogen) atoms. The van der Waals surface area contributed by atoms with E-state index in [4.69, 9.17) is 14.4 Å². The maximum Gasteiger partial charge on any atom is 0.294 e. The molecule has 0 rings (SSSR count). The minimum atomic E-state index is -4.44. The highest BCUT2D eigenvalue weighted by Crippen LogP contribution is 2.04. The summed E-state index contributed by atoms with van der Waals surface area (Å²) in [5.41, 5.74) is -1.91. The van der Waals surface area contributed by atoms with Crippen molar-refractivity contribution >= 4 is 10.1 Å². The quantitative estimate of drug-likeness (QED) is 0.469. The summed E-state index contributed by atoms with van der Waals surface area (Å²) in [7, 11) is -4.44. The Kier molecular flexibility index (Phi) is 4.40. The van der Waals surface area contributed by atoms with E-state index < -0.39 is 21.7 Å². The first-order valence-electron chi connectivity index (χ1n) is 3.26. The van der Waals surface area contributed by atoms with Crippen molar-refractivity contribution in [1.29, 1.82) is 0 Å². The van der Waals surface area contributed by atoms with Gasteiger partial charge in [0.05, 0.1) is 12.7 Å². The largest absolute Gasteiger partial charge is 0.373 e. The minimum Gasteiger partial charge on any atom is -0.373 e. The van der Waals surface area contributed by atoms with Crippen molar-refractivity contribution < 1.29 is 22.8 Å². The van der Waals surface area contributed by atoms with Crippen molar-refractivity contribution in [3.05, 3.63) is 12.7 Å². The summed E-state index contributed by atoms with van der Waals surface area (Å²) < 4.78 is 33.8. The fraction of sp³-hybridized carbons (Fsp3) is 0.667. The van der Waals surface area contributed by atoms with E-state index in [1.165, 1.54) is 13.0 Å². The molecule has 0 radical (unpaired) electrons. The van der Waals surface area contributed by atoms with Crippen LogP contribution in [0.1, 0.15) is 6.92 Å². The standard InChI is InChI=1S/C6H12O5S/c1-3-4-11-5(2)6(7)12(8,9)10/h3,5-7H,1,4H2,2H3,(H,8,9,10). The molecule has 0 aromatic carbocycles. The van der Waals surface area contributed by atoms with Gasteiger partial charge in [0, 0.05) is 0 Å². The average molecular weight is 196 g/mol. The topological polar surface area (TPSA) is 83.8 Å². The van der Waals surface area contributed by atoms with Crippen LogP contribution in [0.15, 0.2) is 12.7 Å². The average Bonchev–Trinajstić information content (AvgIpc) is 1.97. The van der Waals surface area contributed by atoms with E-state index in [-0.39, 0.29) is 6.61 Å². The summed E-state index contributed by atoms with van der Waals surface area (Å²) in [5.74, 6) is 0. The maximum absolute atomic E-state index is 10.3. The lowest BCUT2D eigenvalue weighted by Gasteiger charge is -2.15. The fourth-order valence-electron chi connectivity index (χ4n) is 0.544. The third kappa shape index (κ3) is 3.82. The highest BCUT2D eigenvalue weighted by Gasteiger charge is 2.26. The van der Waals surface area contributed by atoms with E-state index in [2.05, 4.69) is 6.58 Å². The van der Waals surface area contributed by atoms with E-state index in [9.17, 15) is 8.42 Å². The summed E-state index contributed by atoms with van der Waals surface area (Å²) in [6.45, 7) is 4.79. The summed E-state index contributed by atoms with van der Waals surface area (Å²) in [6.07, 6.45) is 0.436. The van der Waals surface area contributed by atoms with Crippen LogP contribution in [-0.4, -0.2) is 36.2 Å². The van der Waals surface area contributed by atoms with Crippen molar-refractivity contribution in [2.45, 2.75) is 18.5 Å². The molecule has 0 aromatic rings. The SMILES string of the molecule is C=CCOC(C)C(O)S(=O)(=O)O. The van der Waals surface area contributed by atoms with Gasteiger partial charge in [-0.05, 0) is 6.92 Å². The molecule has 0 aromatic heterocycles. The van der Waals surface area contributed by atoms with Gasteiger partial charge >= 0.3 is 0 Å². The molecule has 0 saturated heterocycles. The highest BCUT2D eigenvalue weighted by molar-refractivity contribution is 7.86. The second-order valence-electron chi connectivity index (χ2n) is 2.23. The molecule has 5 nitrogen and oxygen atoms in total. The zero-order valence-electron chi connectivity index (χ0n) is 6.67. The maximum atomic E-state index is 10.3. The van der Waals surface area contributed by atoms with Crippen LogP contribution in [0.5, 0.6) is 0 Å². The molecule has 0 fully saturated rings. The first-order chi connectivity index (χ1) is 5.39. The lowest BCUT2D eigenvalue weighted by atomic mass is 10.4. The highest BCUT2D eigenvalue weighted by atomic mass is 32.2. The lowest BCUT2D eigenvalue weighted by molar-refractivity contribution is 0.0180. The molecule has 72 valence electrons. The van der Waals surface area contributed by atoms with Gasteiger partial charge in [0.15, 0.2) is 0 Å². The molecule has 0 bridgehead atoms. The predicted molar refractivity (Wildman–Crippen MR) is 43.2 cm³/mol. The molecule has 2 atom stereocenters. The van der Waals surface area contributed by atoms with Crippen LogP contribution >= 0.6 is 0 Å². The van der Waals surface area contributed by atoms with Crippen LogP contribution < -0.4 is 0 Å². The van der Waals surface area contributed by atoms with Gasteiger partial charge in [0.1, 0.15) is 0 Å². The number of ether oxygens (including phenoxy) is 1. The fourth-order valence-corrected chi connectivity index (χ4v) is 1.11. The third-order valence-electron chi connectivity index (χ3n) is 1.18.